The normalized spacial score (nSPS) is 15.1. The fourth-order valence-electron chi connectivity index (χ4n) is 3.09. The average Bonchev–Trinajstić information content (AvgIpc) is 3.02. The fourth-order valence-corrected chi connectivity index (χ4v) is 3.09. The van der Waals surface area contributed by atoms with E-state index in [0.29, 0.717) is 23.2 Å². The lowest BCUT2D eigenvalue weighted by Gasteiger charge is -2.12. The summed E-state index contributed by atoms with van der Waals surface area (Å²) in [6.07, 6.45) is 4.21. The average molecular weight is 376 g/mol. The number of nitrogens with one attached hydrogen (secondary N) is 1. The van der Waals surface area contributed by atoms with E-state index in [1.807, 2.05) is 18.2 Å². The van der Waals surface area contributed by atoms with E-state index in [9.17, 15) is 9.59 Å². The number of primary amides is 1. The van der Waals surface area contributed by atoms with Crippen LogP contribution in [0.1, 0.15) is 42.6 Å². The number of nitrogens with zero attached hydrogens (tertiary/aromatic N) is 2. The van der Waals surface area contributed by atoms with Gasteiger partial charge in [0.2, 0.25) is 5.91 Å². The van der Waals surface area contributed by atoms with E-state index in [1.165, 1.54) is 10.6 Å². The van der Waals surface area contributed by atoms with Crippen molar-refractivity contribution in [1.82, 2.24) is 0 Å². The minimum absolute atomic E-state index is 0.197. The Labute approximate surface area is 164 Å². The Morgan fingerprint density at radius 2 is 1.86 bits per heavy atom. The number of para-hydroxylation sites is 1. The summed E-state index contributed by atoms with van der Waals surface area (Å²) in [4.78, 5) is 24.3. The molecule has 0 unspecified atom stereocenters. The van der Waals surface area contributed by atoms with Gasteiger partial charge in [-0.2, -0.15) is 10.1 Å². The van der Waals surface area contributed by atoms with Gasteiger partial charge in [0.15, 0.2) is 0 Å². The van der Waals surface area contributed by atoms with Crippen LogP contribution >= 0.6 is 0 Å². The quantitative estimate of drug-likeness (QED) is 0.720. The first-order valence-electron chi connectivity index (χ1n) is 9.42. The summed E-state index contributed by atoms with van der Waals surface area (Å²) in [7, 11) is 0. The largest absolute Gasteiger partial charge is 0.366 e. The predicted molar refractivity (Wildman–Crippen MR) is 112 cm³/mol. The monoisotopic (exact) mass is 376 g/mol. The van der Waals surface area contributed by atoms with Crippen molar-refractivity contribution in [3.8, 4) is 0 Å². The molecule has 1 aliphatic heterocycles. The van der Waals surface area contributed by atoms with Crippen molar-refractivity contribution in [3.63, 3.8) is 0 Å². The van der Waals surface area contributed by atoms with E-state index in [0.717, 1.165) is 24.2 Å². The molecule has 144 valence electrons. The molecule has 0 radical (unpaired) electrons. The third kappa shape index (κ3) is 3.96. The van der Waals surface area contributed by atoms with E-state index >= 15 is 0 Å². The van der Waals surface area contributed by atoms with Crippen LogP contribution in [0.5, 0.6) is 0 Å². The highest BCUT2D eigenvalue weighted by Crippen LogP contribution is 2.26. The number of nitrogens with two attached hydrogens (primary N) is 1. The number of benzene rings is 2. The lowest BCUT2D eigenvalue weighted by Crippen LogP contribution is -2.22. The molecule has 2 amide bonds. The highest BCUT2D eigenvalue weighted by Gasteiger charge is 2.30. The van der Waals surface area contributed by atoms with Crippen LogP contribution in [0.3, 0.4) is 0 Å². The first-order valence-corrected chi connectivity index (χ1v) is 9.42. The Hall–Kier alpha value is -3.41. The molecule has 6 nitrogen and oxygen atoms in total. The molecule has 0 bridgehead atoms. The van der Waals surface area contributed by atoms with Gasteiger partial charge in [-0.3, -0.25) is 9.59 Å². The van der Waals surface area contributed by atoms with Crippen LogP contribution in [-0.4, -0.2) is 17.5 Å². The van der Waals surface area contributed by atoms with Crippen molar-refractivity contribution >= 4 is 28.9 Å². The lowest BCUT2D eigenvalue weighted by molar-refractivity contribution is -0.114. The summed E-state index contributed by atoms with van der Waals surface area (Å²) in [6, 6.07) is 14.6. The number of hydrogen-bond donors (Lipinski definition) is 2. The van der Waals surface area contributed by atoms with E-state index in [4.69, 9.17) is 5.73 Å². The van der Waals surface area contributed by atoms with E-state index in [-0.39, 0.29) is 5.91 Å². The van der Waals surface area contributed by atoms with Crippen LogP contribution in [0.25, 0.3) is 0 Å². The molecule has 3 N–H and O–H groups in total. The number of carbonyl (C=O) groups is 2. The van der Waals surface area contributed by atoms with Crippen molar-refractivity contribution in [3.05, 3.63) is 71.4 Å². The van der Waals surface area contributed by atoms with Gasteiger partial charge in [-0.15, -0.1) is 0 Å². The zero-order valence-electron chi connectivity index (χ0n) is 16.1. The highest BCUT2D eigenvalue weighted by molar-refractivity contribution is 6.30. The van der Waals surface area contributed by atoms with E-state index in [2.05, 4.69) is 30.3 Å². The Kier molecular flexibility index (Phi) is 5.89. The third-order valence-corrected chi connectivity index (χ3v) is 4.61. The highest BCUT2D eigenvalue weighted by atomic mass is 16.2. The van der Waals surface area contributed by atoms with Crippen LogP contribution in [0.2, 0.25) is 0 Å². The molecule has 6 heteroatoms. The van der Waals surface area contributed by atoms with Crippen molar-refractivity contribution in [2.75, 3.05) is 10.3 Å². The minimum Gasteiger partial charge on any atom is -0.366 e. The van der Waals surface area contributed by atoms with Gasteiger partial charge in [0, 0.05) is 17.5 Å². The summed E-state index contributed by atoms with van der Waals surface area (Å²) in [5.41, 5.74) is 9.72. The van der Waals surface area contributed by atoms with Gasteiger partial charge < -0.3 is 11.1 Å². The number of hydrogen-bond acceptors (Lipinski definition) is 4. The minimum atomic E-state index is -0.506. The number of amides is 2. The first kappa shape index (κ1) is 19.4. The summed E-state index contributed by atoms with van der Waals surface area (Å²) in [6.45, 7) is 4.14. The SMILES string of the molecule is CCCC1=NN(c2ccc(C(N)=O)cc2)C(=O)/C1=C/Nc1ccccc1CC. The van der Waals surface area contributed by atoms with Gasteiger partial charge in [-0.25, -0.2) is 0 Å². The van der Waals surface area contributed by atoms with E-state index < -0.39 is 5.91 Å². The maximum atomic E-state index is 13.0. The summed E-state index contributed by atoms with van der Waals surface area (Å²) < 4.78 is 0. The first-order chi connectivity index (χ1) is 13.5. The van der Waals surface area contributed by atoms with Gasteiger partial charge >= 0.3 is 0 Å². The fraction of sp³-hybridized carbons (Fsp3) is 0.227. The molecule has 3 rings (SSSR count). The molecular weight excluding hydrogens is 352 g/mol. The molecule has 0 aliphatic carbocycles. The number of anilines is 2. The van der Waals surface area contributed by atoms with Gasteiger partial charge in [-0.05, 0) is 48.7 Å². The molecule has 0 saturated heterocycles. The van der Waals surface area contributed by atoms with Crippen LogP contribution in [0.15, 0.2) is 65.4 Å². The molecule has 28 heavy (non-hydrogen) atoms. The molecule has 2 aromatic carbocycles. The molecular formula is C22H24N4O2. The summed E-state index contributed by atoms with van der Waals surface area (Å²) >= 11 is 0. The van der Waals surface area contributed by atoms with Crippen molar-refractivity contribution in [2.45, 2.75) is 33.1 Å². The van der Waals surface area contributed by atoms with Crippen molar-refractivity contribution in [1.29, 1.82) is 0 Å². The third-order valence-electron chi connectivity index (χ3n) is 4.61. The van der Waals surface area contributed by atoms with Gasteiger partial charge in [0.1, 0.15) is 0 Å². The van der Waals surface area contributed by atoms with Gasteiger partial charge in [0.05, 0.1) is 17.0 Å². The van der Waals surface area contributed by atoms with Crippen LogP contribution < -0.4 is 16.1 Å². The number of rotatable bonds is 7. The smallest absolute Gasteiger partial charge is 0.282 e. The Bertz CT molecular complexity index is 945. The standard InChI is InChI=1S/C22H24N4O2/c1-3-7-20-18(14-24-19-9-6-5-8-15(19)4-2)22(28)26(25-20)17-12-10-16(11-13-17)21(23)27/h5-6,8-14,24H,3-4,7H2,1-2H3,(H2,23,27)/b18-14+. The van der Waals surface area contributed by atoms with E-state index in [1.54, 1.807) is 30.5 Å². The second-order valence-electron chi connectivity index (χ2n) is 6.54. The molecule has 0 fully saturated rings. The molecule has 2 aromatic rings. The molecule has 0 saturated carbocycles. The maximum absolute atomic E-state index is 13.0. The Morgan fingerprint density at radius 3 is 2.50 bits per heavy atom. The second kappa shape index (κ2) is 8.52. The van der Waals surface area contributed by atoms with Crippen LogP contribution in [-0.2, 0) is 11.2 Å². The predicted octanol–water partition coefficient (Wildman–Crippen LogP) is 3.85. The second-order valence-corrected chi connectivity index (χ2v) is 6.54. The Balaban J connectivity index is 1.88. The van der Waals surface area contributed by atoms with Gasteiger partial charge in [0.25, 0.3) is 5.91 Å². The molecule has 0 aromatic heterocycles. The zero-order valence-corrected chi connectivity index (χ0v) is 16.1. The van der Waals surface area contributed by atoms with Crippen molar-refractivity contribution < 1.29 is 9.59 Å². The lowest BCUT2D eigenvalue weighted by atomic mass is 10.1. The van der Waals surface area contributed by atoms with Crippen molar-refractivity contribution in [2.24, 2.45) is 10.8 Å². The zero-order chi connectivity index (χ0) is 20.1. The Morgan fingerprint density at radius 1 is 1.14 bits per heavy atom. The number of aryl methyl sites for hydroxylation is 1. The van der Waals surface area contributed by atoms with Crippen LogP contribution in [0.4, 0.5) is 11.4 Å². The van der Waals surface area contributed by atoms with Gasteiger partial charge in [-0.1, -0.05) is 38.5 Å². The maximum Gasteiger partial charge on any atom is 0.282 e. The van der Waals surface area contributed by atoms with Crippen LogP contribution in [0, 0.1) is 0 Å². The molecule has 0 spiro atoms. The molecule has 1 heterocycles. The summed E-state index contributed by atoms with van der Waals surface area (Å²) in [5, 5.41) is 9.16. The summed E-state index contributed by atoms with van der Waals surface area (Å²) in [5.74, 6) is -0.703. The topological polar surface area (TPSA) is 87.8 Å². The molecule has 0 atom stereocenters. The molecule has 1 aliphatic rings. The number of carbonyl (C=O) groups excluding carboxylic acids is 2. The number of hydrazone groups is 1.